The third-order valence-electron chi connectivity index (χ3n) is 7.24. The van der Waals surface area contributed by atoms with E-state index in [4.69, 9.17) is 0 Å². The Labute approximate surface area is 177 Å². The number of piperidine rings is 1. The Bertz CT molecular complexity index is 823. The molecule has 0 unspecified atom stereocenters. The van der Waals surface area contributed by atoms with Crippen molar-refractivity contribution >= 4 is 23.5 Å². The molecule has 1 aromatic rings. The molecule has 3 aliphatic rings. The first-order valence-electron chi connectivity index (χ1n) is 11.0. The van der Waals surface area contributed by atoms with Gasteiger partial charge in [0.15, 0.2) is 0 Å². The largest absolute Gasteiger partial charge is 0.465 e. The van der Waals surface area contributed by atoms with Crippen LogP contribution in [0.3, 0.4) is 0 Å². The van der Waals surface area contributed by atoms with Gasteiger partial charge in [0.1, 0.15) is 5.82 Å². The van der Waals surface area contributed by atoms with Gasteiger partial charge in [-0.15, -0.1) is 0 Å². The van der Waals surface area contributed by atoms with Gasteiger partial charge < -0.3 is 20.0 Å². The van der Waals surface area contributed by atoms with Crippen molar-refractivity contribution in [3.8, 4) is 0 Å². The number of aliphatic hydroxyl groups excluding tert-OH is 1. The number of nitrogens with zero attached hydrogens (tertiary/aromatic N) is 4. The third kappa shape index (κ3) is 3.73. The van der Waals surface area contributed by atoms with Crippen LogP contribution in [-0.2, 0) is 4.79 Å². The summed E-state index contributed by atoms with van der Waals surface area (Å²) in [5, 5.41) is 19.0. The van der Waals surface area contributed by atoms with Crippen molar-refractivity contribution in [2.45, 2.75) is 64.0 Å². The quantitative estimate of drug-likeness (QED) is 0.786. The van der Waals surface area contributed by atoms with E-state index in [-0.39, 0.29) is 23.5 Å². The van der Waals surface area contributed by atoms with Gasteiger partial charge in [-0.2, -0.15) is 0 Å². The van der Waals surface area contributed by atoms with Gasteiger partial charge in [0.2, 0.25) is 5.91 Å². The number of rotatable bonds is 3. The lowest BCUT2D eigenvalue weighted by molar-refractivity contribution is -0.139. The molecular formula is C22H32N4O4. The lowest BCUT2D eigenvalue weighted by atomic mass is 9.78. The van der Waals surface area contributed by atoms with Crippen molar-refractivity contribution in [2.24, 2.45) is 5.41 Å². The van der Waals surface area contributed by atoms with Gasteiger partial charge in [-0.05, 0) is 63.5 Å². The molecule has 4 rings (SSSR count). The molecule has 1 spiro atoms. The number of aliphatic hydroxyl groups is 1. The Balaban J connectivity index is 1.49. The number of hydrogen-bond acceptors (Lipinski definition) is 5. The lowest BCUT2D eigenvalue weighted by Gasteiger charge is -2.41. The summed E-state index contributed by atoms with van der Waals surface area (Å²) in [7, 11) is 1.50. The summed E-state index contributed by atoms with van der Waals surface area (Å²) in [6.07, 6.45) is 6.45. The highest BCUT2D eigenvalue weighted by molar-refractivity contribution is 5.87. The highest BCUT2D eigenvalue weighted by Gasteiger charge is 2.50. The number of anilines is 2. The second kappa shape index (κ2) is 8.06. The molecule has 0 aromatic carbocycles. The monoisotopic (exact) mass is 416 g/mol. The number of likely N-dealkylation sites (tertiary alicyclic amines) is 1. The standard InChI is InChI=1S/C22H32N4O4/c1-15-12-17(24(2)21(29)30)13-23-19(15)25-10-3-8-22(14-25)9-11-26(20(22)28)16-4-6-18(27)7-5-16/h12-13,16,18,27H,3-11,14H2,1-2H3,(H,29,30)/t16-,18+,22-/m0/s1. The van der Waals surface area contributed by atoms with Gasteiger partial charge in [-0.25, -0.2) is 9.78 Å². The van der Waals surface area contributed by atoms with E-state index in [9.17, 15) is 19.8 Å². The highest BCUT2D eigenvalue weighted by atomic mass is 16.4. The van der Waals surface area contributed by atoms with Crippen molar-refractivity contribution in [3.63, 3.8) is 0 Å². The number of aryl methyl sites for hydroxylation is 1. The smallest absolute Gasteiger partial charge is 0.411 e. The summed E-state index contributed by atoms with van der Waals surface area (Å²) >= 11 is 0. The lowest BCUT2D eigenvalue weighted by Crippen LogP contribution is -2.50. The van der Waals surface area contributed by atoms with Crippen LogP contribution in [-0.4, -0.2) is 70.9 Å². The van der Waals surface area contributed by atoms with E-state index in [0.29, 0.717) is 12.2 Å². The fraction of sp³-hybridized carbons (Fsp3) is 0.682. The van der Waals surface area contributed by atoms with Gasteiger partial charge in [-0.1, -0.05) is 0 Å². The normalized spacial score (nSPS) is 29.5. The summed E-state index contributed by atoms with van der Waals surface area (Å²) in [4.78, 5) is 34.7. The summed E-state index contributed by atoms with van der Waals surface area (Å²) in [5.41, 5.74) is 1.11. The Hall–Kier alpha value is -2.35. The van der Waals surface area contributed by atoms with E-state index in [1.165, 1.54) is 7.05 Å². The third-order valence-corrected chi connectivity index (χ3v) is 7.24. The number of carbonyl (C=O) groups excluding carboxylic acids is 1. The van der Waals surface area contributed by atoms with Crippen LogP contribution in [0.4, 0.5) is 16.3 Å². The molecule has 3 fully saturated rings. The van der Waals surface area contributed by atoms with Crippen LogP contribution in [0.2, 0.25) is 0 Å². The molecule has 8 heteroatoms. The molecule has 1 saturated carbocycles. The van der Waals surface area contributed by atoms with E-state index in [1.54, 1.807) is 6.20 Å². The first kappa shape index (κ1) is 20.9. The summed E-state index contributed by atoms with van der Waals surface area (Å²) in [5.74, 6) is 1.11. The Kier molecular flexibility index (Phi) is 5.61. The molecule has 2 saturated heterocycles. The van der Waals surface area contributed by atoms with E-state index in [2.05, 4.69) is 14.8 Å². The summed E-state index contributed by atoms with van der Waals surface area (Å²) < 4.78 is 0. The van der Waals surface area contributed by atoms with Gasteiger partial charge in [-0.3, -0.25) is 9.69 Å². The number of pyridine rings is 1. The number of aromatic nitrogens is 1. The van der Waals surface area contributed by atoms with E-state index in [0.717, 1.165) is 74.3 Å². The fourth-order valence-electron chi connectivity index (χ4n) is 5.43. The predicted octanol–water partition coefficient (Wildman–Crippen LogP) is 2.63. The Morgan fingerprint density at radius 1 is 1.23 bits per heavy atom. The number of carbonyl (C=O) groups is 2. The molecular weight excluding hydrogens is 384 g/mol. The van der Waals surface area contributed by atoms with E-state index >= 15 is 0 Å². The number of amides is 2. The van der Waals surface area contributed by atoms with Crippen LogP contribution in [0.15, 0.2) is 12.3 Å². The minimum absolute atomic E-state index is 0.213. The topological polar surface area (TPSA) is 97.2 Å². The minimum atomic E-state index is -1.02. The first-order valence-corrected chi connectivity index (χ1v) is 11.0. The zero-order valence-electron chi connectivity index (χ0n) is 17.9. The molecule has 2 amide bonds. The first-order chi connectivity index (χ1) is 14.3. The summed E-state index contributed by atoms with van der Waals surface area (Å²) in [6, 6.07) is 2.11. The van der Waals surface area contributed by atoms with Crippen molar-refractivity contribution < 1.29 is 19.8 Å². The molecule has 8 nitrogen and oxygen atoms in total. The number of hydrogen-bond donors (Lipinski definition) is 2. The van der Waals surface area contributed by atoms with Gasteiger partial charge >= 0.3 is 6.09 Å². The maximum Gasteiger partial charge on any atom is 0.411 e. The second-order valence-electron chi connectivity index (χ2n) is 9.19. The Morgan fingerprint density at radius 2 is 1.97 bits per heavy atom. The van der Waals surface area contributed by atoms with Gasteiger partial charge in [0.05, 0.1) is 23.4 Å². The minimum Gasteiger partial charge on any atom is -0.465 e. The Morgan fingerprint density at radius 3 is 2.63 bits per heavy atom. The summed E-state index contributed by atoms with van der Waals surface area (Å²) in [6.45, 7) is 4.27. The second-order valence-corrected chi connectivity index (χ2v) is 9.19. The molecule has 2 aliphatic heterocycles. The maximum absolute atomic E-state index is 13.5. The van der Waals surface area contributed by atoms with Crippen molar-refractivity contribution in [1.82, 2.24) is 9.88 Å². The van der Waals surface area contributed by atoms with Crippen molar-refractivity contribution in [3.05, 3.63) is 17.8 Å². The molecule has 2 N–H and O–H groups in total. The van der Waals surface area contributed by atoms with Gasteiger partial charge in [0.25, 0.3) is 0 Å². The number of carboxylic acid groups (broad SMARTS) is 1. The predicted molar refractivity (Wildman–Crippen MR) is 114 cm³/mol. The molecule has 3 heterocycles. The maximum atomic E-state index is 13.5. The average Bonchev–Trinajstić information content (AvgIpc) is 3.03. The highest BCUT2D eigenvalue weighted by Crippen LogP contribution is 2.43. The molecule has 0 bridgehead atoms. The molecule has 1 aromatic heterocycles. The van der Waals surface area contributed by atoms with Crippen LogP contribution in [0, 0.1) is 12.3 Å². The zero-order valence-corrected chi connectivity index (χ0v) is 17.9. The van der Waals surface area contributed by atoms with Crippen LogP contribution in [0.1, 0.15) is 50.5 Å². The van der Waals surface area contributed by atoms with E-state index in [1.807, 2.05) is 13.0 Å². The van der Waals surface area contributed by atoms with Crippen LogP contribution < -0.4 is 9.80 Å². The molecule has 30 heavy (non-hydrogen) atoms. The average molecular weight is 417 g/mol. The fourth-order valence-corrected chi connectivity index (χ4v) is 5.43. The van der Waals surface area contributed by atoms with Crippen LogP contribution in [0.25, 0.3) is 0 Å². The van der Waals surface area contributed by atoms with Gasteiger partial charge in [0, 0.05) is 32.7 Å². The molecule has 1 atom stereocenters. The molecule has 1 aliphatic carbocycles. The SMILES string of the molecule is Cc1cc(N(C)C(=O)O)cnc1N1CCC[C@]2(CCN([C@H]3CC[C@@H](O)CC3)C2=O)C1. The zero-order chi connectivity index (χ0) is 21.5. The van der Waals surface area contributed by atoms with Crippen LogP contribution in [0.5, 0.6) is 0 Å². The van der Waals surface area contributed by atoms with Crippen LogP contribution >= 0.6 is 0 Å². The van der Waals surface area contributed by atoms with E-state index < -0.39 is 6.09 Å². The van der Waals surface area contributed by atoms with Crippen molar-refractivity contribution in [1.29, 1.82) is 0 Å². The molecule has 164 valence electrons. The molecule has 0 radical (unpaired) electrons. The van der Waals surface area contributed by atoms with Crippen molar-refractivity contribution in [2.75, 3.05) is 36.5 Å².